The van der Waals surface area contributed by atoms with Gasteiger partial charge >= 0.3 is 0 Å². The average Bonchev–Trinajstić information content (AvgIpc) is 3.16. The predicted octanol–water partition coefficient (Wildman–Crippen LogP) is 4.72. The zero-order valence-corrected chi connectivity index (χ0v) is 18.0. The van der Waals surface area contributed by atoms with Crippen molar-refractivity contribution in [3.63, 3.8) is 0 Å². The molecule has 6 rings (SSSR count). The van der Waals surface area contributed by atoms with Crippen molar-refractivity contribution in [2.45, 2.75) is 70.4 Å². The summed E-state index contributed by atoms with van der Waals surface area (Å²) in [6.45, 7) is 2.68. The minimum Gasteiger partial charge on any atom is -0.348 e. The molecule has 2 unspecified atom stereocenters. The van der Waals surface area contributed by atoms with Crippen LogP contribution in [0.25, 0.3) is 0 Å². The summed E-state index contributed by atoms with van der Waals surface area (Å²) in [5, 5.41) is 3.78. The molecule has 1 heterocycles. The van der Waals surface area contributed by atoms with Crippen molar-refractivity contribution in [2.24, 2.45) is 23.2 Å². The van der Waals surface area contributed by atoms with Gasteiger partial charge in [-0.25, -0.2) is 0 Å². The first-order valence-corrected chi connectivity index (χ1v) is 11.7. The Labute approximate surface area is 178 Å². The highest BCUT2D eigenvalue weighted by Crippen LogP contribution is 2.60. The van der Waals surface area contributed by atoms with Crippen molar-refractivity contribution < 1.29 is 9.59 Å². The zero-order valence-electron chi connectivity index (χ0n) is 17.2. The molecular weight excluding hydrogens is 384 g/mol. The van der Waals surface area contributed by atoms with Gasteiger partial charge in [-0.1, -0.05) is 29.8 Å². The third-order valence-electron chi connectivity index (χ3n) is 8.04. The lowest BCUT2D eigenvalue weighted by Crippen LogP contribution is -2.57. The molecule has 0 radical (unpaired) electrons. The molecule has 1 saturated heterocycles. The van der Waals surface area contributed by atoms with E-state index in [9.17, 15) is 9.59 Å². The molecule has 5 heteroatoms. The van der Waals surface area contributed by atoms with Crippen molar-refractivity contribution >= 4 is 23.4 Å². The summed E-state index contributed by atoms with van der Waals surface area (Å²) < 4.78 is 0. The molecule has 0 spiro atoms. The second-order valence-electron chi connectivity index (χ2n) is 10.1. The average molecular weight is 415 g/mol. The second-order valence-corrected chi connectivity index (χ2v) is 10.5. The van der Waals surface area contributed by atoms with Gasteiger partial charge in [0.25, 0.3) is 0 Å². The van der Waals surface area contributed by atoms with Gasteiger partial charge in [-0.05, 0) is 87.7 Å². The van der Waals surface area contributed by atoms with Crippen LogP contribution in [0, 0.1) is 23.2 Å². The maximum Gasteiger partial charge on any atom is 0.243 e. The van der Waals surface area contributed by atoms with Gasteiger partial charge < -0.3 is 10.2 Å². The number of amides is 2. The van der Waals surface area contributed by atoms with Crippen molar-refractivity contribution in [3.05, 3.63) is 34.9 Å². The van der Waals surface area contributed by atoms with Crippen LogP contribution in [0.1, 0.15) is 69.9 Å². The third kappa shape index (κ3) is 3.37. The quantitative estimate of drug-likeness (QED) is 0.774. The Hall–Kier alpha value is -1.55. The molecule has 1 aliphatic heterocycles. The SMILES string of the molecule is CC(NC(=O)C1CCCN1C(=O)C12CC3CC(CC(C3)C1)C2)c1ccccc1Cl. The molecule has 29 heavy (non-hydrogen) atoms. The van der Waals surface area contributed by atoms with E-state index >= 15 is 0 Å². The summed E-state index contributed by atoms with van der Waals surface area (Å²) in [5.74, 6) is 2.45. The summed E-state index contributed by atoms with van der Waals surface area (Å²) in [6.07, 6.45) is 8.81. The molecule has 0 aromatic heterocycles. The van der Waals surface area contributed by atoms with Crippen LogP contribution in [0.2, 0.25) is 5.02 Å². The molecule has 4 aliphatic carbocycles. The van der Waals surface area contributed by atoms with E-state index in [2.05, 4.69) is 5.32 Å². The fourth-order valence-corrected chi connectivity index (χ4v) is 7.47. The van der Waals surface area contributed by atoms with E-state index in [-0.39, 0.29) is 29.3 Å². The van der Waals surface area contributed by atoms with Gasteiger partial charge in [-0.15, -0.1) is 0 Å². The number of benzene rings is 1. The molecule has 1 aromatic carbocycles. The standard InChI is InChI=1S/C24H31ClN2O2/c1-15(19-5-2-3-6-20(19)25)26-22(28)21-7-4-8-27(21)23(29)24-12-16-9-17(13-24)11-18(10-16)14-24/h2-3,5-6,15-18,21H,4,7-14H2,1H3,(H,26,28). The van der Waals surface area contributed by atoms with Gasteiger partial charge in [0.05, 0.1) is 11.5 Å². The van der Waals surface area contributed by atoms with E-state index in [0.717, 1.165) is 62.0 Å². The molecule has 5 fully saturated rings. The summed E-state index contributed by atoms with van der Waals surface area (Å²) in [5.41, 5.74) is 0.742. The Balaban J connectivity index is 1.30. The van der Waals surface area contributed by atoms with Gasteiger partial charge in [0.15, 0.2) is 0 Å². The van der Waals surface area contributed by atoms with Crippen LogP contribution >= 0.6 is 11.6 Å². The lowest BCUT2D eigenvalue weighted by atomic mass is 9.49. The molecule has 4 saturated carbocycles. The Kier molecular flexibility index (Phi) is 4.89. The summed E-state index contributed by atoms with van der Waals surface area (Å²) in [6, 6.07) is 7.11. The van der Waals surface area contributed by atoms with Crippen LogP contribution in [0.3, 0.4) is 0 Å². The van der Waals surface area contributed by atoms with Crippen LogP contribution < -0.4 is 5.32 Å². The first-order valence-electron chi connectivity index (χ1n) is 11.3. The van der Waals surface area contributed by atoms with E-state index in [1.165, 1.54) is 19.3 Å². The van der Waals surface area contributed by atoms with E-state index in [1.54, 1.807) is 0 Å². The lowest BCUT2D eigenvalue weighted by molar-refractivity contribution is -0.160. The fourth-order valence-electron chi connectivity index (χ4n) is 7.17. The van der Waals surface area contributed by atoms with Gasteiger partial charge in [0, 0.05) is 11.6 Å². The van der Waals surface area contributed by atoms with E-state index in [0.29, 0.717) is 5.02 Å². The van der Waals surface area contributed by atoms with E-state index < -0.39 is 0 Å². The highest BCUT2D eigenvalue weighted by atomic mass is 35.5. The molecule has 2 atom stereocenters. The highest BCUT2D eigenvalue weighted by Gasteiger charge is 2.56. The molecule has 156 valence electrons. The van der Waals surface area contributed by atoms with Crippen LogP contribution in [0.5, 0.6) is 0 Å². The van der Waals surface area contributed by atoms with Crippen molar-refractivity contribution in [2.75, 3.05) is 6.54 Å². The molecule has 1 N–H and O–H groups in total. The second kappa shape index (κ2) is 7.30. The van der Waals surface area contributed by atoms with E-state index in [4.69, 9.17) is 11.6 Å². The first-order chi connectivity index (χ1) is 13.9. The monoisotopic (exact) mass is 414 g/mol. The van der Waals surface area contributed by atoms with Crippen molar-refractivity contribution in [3.8, 4) is 0 Å². The smallest absolute Gasteiger partial charge is 0.243 e. The van der Waals surface area contributed by atoms with Crippen molar-refractivity contribution in [1.82, 2.24) is 10.2 Å². The van der Waals surface area contributed by atoms with Crippen LogP contribution in [-0.2, 0) is 9.59 Å². The van der Waals surface area contributed by atoms with Gasteiger partial charge in [0.1, 0.15) is 6.04 Å². The zero-order chi connectivity index (χ0) is 20.2. The number of hydrogen-bond acceptors (Lipinski definition) is 2. The summed E-state index contributed by atoms with van der Waals surface area (Å²) in [7, 11) is 0. The maximum absolute atomic E-state index is 13.7. The number of nitrogens with zero attached hydrogens (tertiary/aromatic N) is 1. The van der Waals surface area contributed by atoms with Crippen LogP contribution in [0.15, 0.2) is 24.3 Å². The minimum absolute atomic E-state index is 0.0343. The van der Waals surface area contributed by atoms with Crippen molar-refractivity contribution in [1.29, 1.82) is 0 Å². The normalized spacial score (nSPS) is 36.3. The molecule has 1 aromatic rings. The number of halogens is 1. The molecule has 4 bridgehead atoms. The maximum atomic E-state index is 13.7. The number of carbonyl (C=O) groups excluding carboxylic acids is 2. The molecule has 2 amide bonds. The third-order valence-corrected chi connectivity index (χ3v) is 8.38. The lowest BCUT2D eigenvalue weighted by Gasteiger charge is -2.56. The van der Waals surface area contributed by atoms with Gasteiger partial charge in [-0.3, -0.25) is 9.59 Å². The van der Waals surface area contributed by atoms with Gasteiger partial charge in [0.2, 0.25) is 11.8 Å². The highest BCUT2D eigenvalue weighted by molar-refractivity contribution is 6.31. The number of likely N-dealkylation sites (tertiary alicyclic amines) is 1. The number of rotatable bonds is 4. The van der Waals surface area contributed by atoms with Crippen LogP contribution in [0.4, 0.5) is 0 Å². The first kappa shape index (κ1) is 19.4. The largest absolute Gasteiger partial charge is 0.348 e. The Morgan fingerprint density at radius 3 is 2.34 bits per heavy atom. The number of hydrogen-bond donors (Lipinski definition) is 1. The van der Waals surface area contributed by atoms with E-state index in [1.807, 2.05) is 36.1 Å². The van der Waals surface area contributed by atoms with Crippen LogP contribution in [-0.4, -0.2) is 29.3 Å². The fraction of sp³-hybridized carbons (Fsp3) is 0.667. The summed E-state index contributed by atoms with van der Waals surface area (Å²) >= 11 is 6.30. The molecule has 4 nitrogen and oxygen atoms in total. The Morgan fingerprint density at radius 2 is 1.72 bits per heavy atom. The minimum atomic E-state index is -0.333. The molecule has 5 aliphatic rings. The topological polar surface area (TPSA) is 49.4 Å². The Bertz CT molecular complexity index is 788. The predicted molar refractivity (Wildman–Crippen MR) is 113 cm³/mol. The molecular formula is C24H31ClN2O2. The number of nitrogens with one attached hydrogen (secondary N) is 1. The Morgan fingerprint density at radius 1 is 1.10 bits per heavy atom. The summed E-state index contributed by atoms with van der Waals surface area (Å²) in [4.78, 5) is 28.8. The van der Waals surface area contributed by atoms with Gasteiger partial charge in [-0.2, -0.15) is 0 Å². The number of carbonyl (C=O) groups is 2.